The van der Waals surface area contributed by atoms with Crippen LogP contribution in [0.15, 0.2) is 53.1 Å². The van der Waals surface area contributed by atoms with E-state index >= 15 is 0 Å². The molecule has 2 heterocycles. The summed E-state index contributed by atoms with van der Waals surface area (Å²) >= 11 is 3.32. The first-order valence-corrected chi connectivity index (χ1v) is 7.21. The Balaban J connectivity index is 1.92. The number of nitrogens with zero attached hydrogens (tertiary/aromatic N) is 2. The molecule has 0 spiro atoms. The Morgan fingerprint density at radius 3 is 2.76 bits per heavy atom. The number of aromatic nitrogens is 2. The summed E-state index contributed by atoms with van der Waals surface area (Å²) in [5, 5.41) is 0.857. The van der Waals surface area contributed by atoms with Crippen LogP contribution in [0.25, 0.3) is 10.9 Å². The molecule has 0 fully saturated rings. The van der Waals surface area contributed by atoms with Crippen molar-refractivity contribution in [3.05, 3.63) is 64.5 Å². The fraction of sp³-hybridized carbons (Fsp3) is 0.0625. The first-order chi connectivity index (χ1) is 10.1. The van der Waals surface area contributed by atoms with Gasteiger partial charge in [-0.1, -0.05) is 18.2 Å². The average molecular weight is 342 g/mol. The zero-order valence-corrected chi connectivity index (χ0v) is 12.7. The lowest BCUT2D eigenvalue weighted by Crippen LogP contribution is -2.08. The van der Waals surface area contributed by atoms with Gasteiger partial charge in [0, 0.05) is 27.4 Å². The summed E-state index contributed by atoms with van der Waals surface area (Å²) in [6.45, 7) is 0. The molecular weight excluding hydrogens is 330 g/mol. The molecule has 4 nitrogen and oxygen atoms in total. The van der Waals surface area contributed by atoms with Crippen LogP contribution in [0.1, 0.15) is 16.2 Å². The number of hydrogen-bond donors (Lipinski definition) is 1. The summed E-state index contributed by atoms with van der Waals surface area (Å²) in [6, 6.07) is 12.8. The molecular formula is C16H12BrN3O. The second kappa shape index (κ2) is 5.61. The SMILES string of the molecule is Nc1cc(C(=O)Cc2ccc(Br)cn2)nc2ccccc12. The first kappa shape index (κ1) is 13.7. The van der Waals surface area contributed by atoms with E-state index in [1.54, 1.807) is 12.3 Å². The van der Waals surface area contributed by atoms with Gasteiger partial charge in [-0.05, 0) is 40.2 Å². The second-order valence-corrected chi connectivity index (χ2v) is 5.60. The maximum absolute atomic E-state index is 12.3. The van der Waals surface area contributed by atoms with Gasteiger partial charge in [-0.2, -0.15) is 0 Å². The Morgan fingerprint density at radius 1 is 1.19 bits per heavy atom. The monoisotopic (exact) mass is 341 g/mol. The number of benzene rings is 1. The van der Waals surface area contributed by atoms with E-state index in [1.165, 1.54) is 0 Å². The lowest BCUT2D eigenvalue weighted by atomic mass is 10.1. The molecule has 0 amide bonds. The van der Waals surface area contributed by atoms with Crippen LogP contribution in [0, 0.1) is 0 Å². The van der Waals surface area contributed by atoms with Crippen LogP contribution >= 0.6 is 15.9 Å². The largest absolute Gasteiger partial charge is 0.398 e. The number of rotatable bonds is 3. The van der Waals surface area contributed by atoms with Crippen LogP contribution < -0.4 is 5.73 Å². The molecule has 0 saturated carbocycles. The lowest BCUT2D eigenvalue weighted by molar-refractivity contribution is 0.0987. The van der Waals surface area contributed by atoms with Gasteiger partial charge in [0.25, 0.3) is 0 Å². The van der Waals surface area contributed by atoms with E-state index in [0.717, 1.165) is 15.4 Å². The Hall–Kier alpha value is -2.27. The van der Waals surface area contributed by atoms with Crippen molar-refractivity contribution in [3.63, 3.8) is 0 Å². The van der Waals surface area contributed by atoms with Crippen LogP contribution in [0.3, 0.4) is 0 Å². The number of halogens is 1. The Kier molecular flexibility index (Phi) is 3.66. The van der Waals surface area contributed by atoms with Crippen LogP contribution in [0.4, 0.5) is 5.69 Å². The fourth-order valence-corrected chi connectivity index (χ4v) is 2.35. The van der Waals surface area contributed by atoms with Crippen molar-refractivity contribution in [1.82, 2.24) is 9.97 Å². The third-order valence-electron chi connectivity index (χ3n) is 3.16. The van der Waals surface area contributed by atoms with Gasteiger partial charge in [-0.3, -0.25) is 9.78 Å². The fourth-order valence-electron chi connectivity index (χ4n) is 2.11. The van der Waals surface area contributed by atoms with E-state index in [-0.39, 0.29) is 12.2 Å². The van der Waals surface area contributed by atoms with Crippen LogP contribution in [-0.4, -0.2) is 15.8 Å². The van der Waals surface area contributed by atoms with Gasteiger partial charge < -0.3 is 5.73 Å². The second-order valence-electron chi connectivity index (χ2n) is 4.68. The number of pyridine rings is 2. The highest BCUT2D eigenvalue weighted by Crippen LogP contribution is 2.21. The van der Waals surface area contributed by atoms with E-state index < -0.39 is 0 Å². The number of anilines is 1. The Labute approximate surface area is 130 Å². The minimum absolute atomic E-state index is 0.0951. The molecule has 0 unspecified atom stereocenters. The van der Waals surface area contributed by atoms with Crippen LogP contribution in [-0.2, 0) is 6.42 Å². The molecule has 0 radical (unpaired) electrons. The molecule has 0 aliphatic carbocycles. The molecule has 1 aromatic carbocycles. The molecule has 0 aliphatic rings. The first-order valence-electron chi connectivity index (χ1n) is 6.42. The van der Waals surface area contributed by atoms with E-state index in [9.17, 15) is 4.79 Å². The van der Waals surface area contributed by atoms with Crippen LogP contribution in [0.2, 0.25) is 0 Å². The highest BCUT2D eigenvalue weighted by Gasteiger charge is 2.12. The standard InChI is InChI=1S/C16H12BrN3O/c17-10-5-6-11(19-9-10)7-16(21)15-8-13(18)12-3-1-2-4-14(12)20-15/h1-6,8-9H,7H2,(H2,18,20). The predicted molar refractivity (Wildman–Crippen MR) is 86.1 cm³/mol. The number of fused-ring (bicyclic) bond motifs is 1. The van der Waals surface area contributed by atoms with Crippen molar-refractivity contribution in [1.29, 1.82) is 0 Å². The molecule has 3 rings (SSSR count). The van der Waals surface area contributed by atoms with Gasteiger partial charge in [-0.15, -0.1) is 0 Å². The summed E-state index contributed by atoms with van der Waals surface area (Å²) in [5.41, 5.74) is 8.36. The Morgan fingerprint density at radius 2 is 2.00 bits per heavy atom. The molecule has 0 saturated heterocycles. The highest BCUT2D eigenvalue weighted by molar-refractivity contribution is 9.10. The number of Topliss-reactive ketones (excluding diaryl/α,β-unsaturated/α-hetero) is 1. The van der Waals surface area contributed by atoms with Crippen molar-refractivity contribution in [2.24, 2.45) is 0 Å². The number of nitrogens with two attached hydrogens (primary N) is 1. The Bertz CT molecular complexity index is 815. The van der Waals surface area contributed by atoms with Gasteiger partial charge in [0.15, 0.2) is 5.78 Å². The summed E-state index contributed by atoms with van der Waals surface area (Å²) in [4.78, 5) is 20.9. The number of para-hydroxylation sites is 1. The van der Waals surface area contributed by atoms with Gasteiger partial charge in [-0.25, -0.2) is 4.98 Å². The smallest absolute Gasteiger partial charge is 0.187 e. The van der Waals surface area contributed by atoms with Gasteiger partial charge in [0.2, 0.25) is 0 Å². The van der Waals surface area contributed by atoms with Crippen molar-refractivity contribution in [2.45, 2.75) is 6.42 Å². The van der Waals surface area contributed by atoms with E-state index in [1.807, 2.05) is 36.4 Å². The molecule has 0 aliphatic heterocycles. The van der Waals surface area contributed by atoms with Crippen molar-refractivity contribution in [2.75, 3.05) is 5.73 Å². The van der Waals surface area contributed by atoms with Gasteiger partial charge >= 0.3 is 0 Å². The maximum atomic E-state index is 12.3. The lowest BCUT2D eigenvalue weighted by Gasteiger charge is -2.05. The molecule has 0 bridgehead atoms. The maximum Gasteiger partial charge on any atom is 0.187 e. The summed E-state index contributed by atoms with van der Waals surface area (Å²) < 4.78 is 0.881. The molecule has 0 atom stereocenters. The zero-order valence-electron chi connectivity index (χ0n) is 11.1. The normalized spacial score (nSPS) is 10.7. The molecule has 104 valence electrons. The average Bonchev–Trinajstić information content (AvgIpc) is 2.49. The van der Waals surface area contributed by atoms with Crippen molar-refractivity contribution >= 4 is 38.3 Å². The molecule has 5 heteroatoms. The third-order valence-corrected chi connectivity index (χ3v) is 3.63. The molecule has 2 aromatic heterocycles. The number of ketones is 1. The topological polar surface area (TPSA) is 68.9 Å². The summed E-state index contributed by atoms with van der Waals surface area (Å²) in [6.07, 6.45) is 1.88. The van der Waals surface area contributed by atoms with Gasteiger partial charge in [0.05, 0.1) is 11.9 Å². The van der Waals surface area contributed by atoms with E-state index in [2.05, 4.69) is 25.9 Å². The van der Waals surface area contributed by atoms with Crippen molar-refractivity contribution in [3.8, 4) is 0 Å². The zero-order chi connectivity index (χ0) is 14.8. The number of hydrogen-bond acceptors (Lipinski definition) is 4. The minimum Gasteiger partial charge on any atom is -0.398 e. The quantitative estimate of drug-likeness (QED) is 0.741. The number of nitrogen functional groups attached to an aromatic ring is 1. The van der Waals surface area contributed by atoms with E-state index in [4.69, 9.17) is 5.73 Å². The molecule has 21 heavy (non-hydrogen) atoms. The number of carbonyl (C=O) groups is 1. The van der Waals surface area contributed by atoms with Crippen LogP contribution in [0.5, 0.6) is 0 Å². The number of carbonyl (C=O) groups excluding carboxylic acids is 1. The third kappa shape index (κ3) is 2.92. The summed E-state index contributed by atoms with van der Waals surface area (Å²) in [5.74, 6) is -0.0951. The van der Waals surface area contributed by atoms with Gasteiger partial charge in [0.1, 0.15) is 5.69 Å². The van der Waals surface area contributed by atoms with E-state index in [0.29, 0.717) is 17.1 Å². The molecule has 3 aromatic rings. The van der Waals surface area contributed by atoms with Crippen molar-refractivity contribution < 1.29 is 4.79 Å². The summed E-state index contributed by atoms with van der Waals surface area (Å²) in [7, 11) is 0. The highest BCUT2D eigenvalue weighted by atomic mass is 79.9. The molecule has 2 N–H and O–H groups in total. The predicted octanol–water partition coefficient (Wildman–Crippen LogP) is 3.40. The minimum atomic E-state index is -0.0951.